The predicted molar refractivity (Wildman–Crippen MR) is 73.3 cm³/mol. The molecular formula is C15H22N2. The Morgan fingerprint density at radius 3 is 2.53 bits per heavy atom. The maximum atomic E-state index is 4.76. The van der Waals surface area contributed by atoms with Crippen LogP contribution in [0.4, 0.5) is 0 Å². The lowest BCUT2D eigenvalue weighted by atomic mass is 10.1. The molecular weight excluding hydrogens is 208 g/mol. The quantitative estimate of drug-likeness (QED) is 0.769. The van der Waals surface area contributed by atoms with E-state index < -0.39 is 0 Å². The Kier molecular flexibility index (Phi) is 3.51. The maximum absolute atomic E-state index is 4.76. The molecule has 2 nitrogen and oxygen atoms in total. The Labute approximate surface area is 104 Å². The number of hydrogen-bond acceptors (Lipinski definition) is 1. The average molecular weight is 230 g/mol. The fraction of sp³-hybridized carbons (Fsp3) is 0.533. The highest BCUT2D eigenvalue weighted by atomic mass is 15.1. The van der Waals surface area contributed by atoms with Crippen molar-refractivity contribution in [3.63, 3.8) is 0 Å². The number of benzene rings is 1. The summed E-state index contributed by atoms with van der Waals surface area (Å²) in [6.07, 6.45) is 1.21. The van der Waals surface area contributed by atoms with E-state index in [1.807, 2.05) is 0 Å². The van der Waals surface area contributed by atoms with Gasteiger partial charge in [-0.15, -0.1) is 0 Å². The second-order valence-corrected chi connectivity index (χ2v) is 5.24. The van der Waals surface area contributed by atoms with E-state index in [0.29, 0.717) is 11.8 Å². The van der Waals surface area contributed by atoms with Gasteiger partial charge >= 0.3 is 0 Å². The fourth-order valence-electron chi connectivity index (χ4n) is 2.17. The molecule has 0 N–H and O–H groups in total. The molecule has 0 radical (unpaired) electrons. The van der Waals surface area contributed by atoms with Crippen LogP contribution in [0.5, 0.6) is 0 Å². The van der Waals surface area contributed by atoms with E-state index in [-0.39, 0.29) is 0 Å². The highest BCUT2D eigenvalue weighted by Crippen LogP contribution is 2.23. The van der Waals surface area contributed by atoms with Crippen molar-refractivity contribution in [3.8, 4) is 0 Å². The van der Waals surface area contributed by atoms with Crippen LogP contribution in [0.3, 0.4) is 0 Å². The van der Waals surface area contributed by atoms with Gasteiger partial charge < -0.3 is 4.57 Å². The van der Waals surface area contributed by atoms with Crippen molar-refractivity contribution in [1.29, 1.82) is 0 Å². The van der Waals surface area contributed by atoms with Crippen LogP contribution in [-0.2, 0) is 6.54 Å². The zero-order valence-corrected chi connectivity index (χ0v) is 11.3. The van der Waals surface area contributed by atoms with Crippen molar-refractivity contribution in [2.24, 2.45) is 5.92 Å². The van der Waals surface area contributed by atoms with Crippen molar-refractivity contribution in [2.45, 2.75) is 46.6 Å². The van der Waals surface area contributed by atoms with Crippen LogP contribution in [0.25, 0.3) is 11.0 Å². The Morgan fingerprint density at radius 1 is 1.18 bits per heavy atom. The normalized spacial score (nSPS) is 13.5. The van der Waals surface area contributed by atoms with Crippen LogP contribution in [-0.4, -0.2) is 9.55 Å². The summed E-state index contributed by atoms with van der Waals surface area (Å²) in [5.74, 6) is 2.39. The van der Waals surface area contributed by atoms with E-state index in [4.69, 9.17) is 4.98 Å². The minimum absolute atomic E-state index is 0.478. The Bertz CT molecular complexity index is 497. The van der Waals surface area contributed by atoms with Crippen molar-refractivity contribution in [3.05, 3.63) is 30.1 Å². The van der Waals surface area contributed by atoms with Crippen LogP contribution in [0.15, 0.2) is 24.3 Å². The lowest BCUT2D eigenvalue weighted by Gasteiger charge is -2.15. The predicted octanol–water partition coefficient (Wildman–Crippen LogP) is 4.21. The smallest absolute Gasteiger partial charge is 0.112 e. The molecule has 1 aromatic heterocycles. The Morgan fingerprint density at radius 2 is 1.88 bits per heavy atom. The number of imidazole rings is 1. The van der Waals surface area contributed by atoms with Gasteiger partial charge in [0.25, 0.3) is 0 Å². The van der Waals surface area contributed by atoms with E-state index in [1.54, 1.807) is 0 Å². The van der Waals surface area contributed by atoms with E-state index in [0.717, 1.165) is 12.1 Å². The largest absolute Gasteiger partial charge is 0.328 e. The third kappa shape index (κ3) is 2.36. The van der Waals surface area contributed by atoms with Crippen molar-refractivity contribution in [2.75, 3.05) is 0 Å². The second kappa shape index (κ2) is 4.91. The molecule has 0 amide bonds. The third-order valence-electron chi connectivity index (χ3n) is 3.39. The Hall–Kier alpha value is -1.31. The van der Waals surface area contributed by atoms with Gasteiger partial charge in [-0.1, -0.05) is 46.2 Å². The highest BCUT2D eigenvalue weighted by molar-refractivity contribution is 5.76. The molecule has 17 heavy (non-hydrogen) atoms. The van der Waals surface area contributed by atoms with E-state index in [1.165, 1.54) is 17.8 Å². The zero-order chi connectivity index (χ0) is 12.4. The third-order valence-corrected chi connectivity index (χ3v) is 3.39. The summed E-state index contributed by atoms with van der Waals surface area (Å²) in [4.78, 5) is 4.76. The van der Waals surface area contributed by atoms with Gasteiger partial charge in [-0.05, 0) is 18.1 Å². The molecule has 0 fully saturated rings. The summed E-state index contributed by atoms with van der Waals surface area (Å²) in [6.45, 7) is 10.1. The molecule has 0 saturated heterocycles. The zero-order valence-electron chi connectivity index (χ0n) is 11.3. The molecule has 0 aliphatic carbocycles. The molecule has 92 valence electrons. The van der Waals surface area contributed by atoms with Crippen molar-refractivity contribution < 1.29 is 0 Å². The minimum atomic E-state index is 0.478. The van der Waals surface area contributed by atoms with Crippen LogP contribution in [0, 0.1) is 5.92 Å². The molecule has 0 aliphatic rings. The van der Waals surface area contributed by atoms with Crippen LogP contribution < -0.4 is 0 Å². The molecule has 0 unspecified atom stereocenters. The molecule has 2 heteroatoms. The first-order valence-corrected chi connectivity index (χ1v) is 6.58. The van der Waals surface area contributed by atoms with Crippen LogP contribution in [0.1, 0.15) is 45.9 Å². The van der Waals surface area contributed by atoms with Gasteiger partial charge in [0.05, 0.1) is 11.0 Å². The molecule has 2 aromatic rings. The number of nitrogens with zero attached hydrogens (tertiary/aromatic N) is 2. The van der Waals surface area contributed by atoms with Gasteiger partial charge in [0.15, 0.2) is 0 Å². The first-order valence-electron chi connectivity index (χ1n) is 6.58. The molecule has 2 rings (SSSR count). The highest BCUT2D eigenvalue weighted by Gasteiger charge is 2.14. The first-order chi connectivity index (χ1) is 8.13. The van der Waals surface area contributed by atoms with Gasteiger partial charge in [-0.2, -0.15) is 0 Å². The molecule has 1 heterocycles. The summed E-state index contributed by atoms with van der Waals surface area (Å²) in [5.41, 5.74) is 2.40. The van der Waals surface area contributed by atoms with Gasteiger partial charge in [0.1, 0.15) is 5.82 Å². The molecule has 0 aliphatic heterocycles. The van der Waals surface area contributed by atoms with Gasteiger partial charge in [-0.25, -0.2) is 4.98 Å². The second-order valence-electron chi connectivity index (χ2n) is 5.24. The molecule has 1 aromatic carbocycles. The molecule has 0 saturated carbocycles. The Balaban J connectivity index is 2.52. The number of hydrogen-bond donors (Lipinski definition) is 0. The first kappa shape index (κ1) is 12.2. The lowest BCUT2D eigenvalue weighted by Crippen LogP contribution is -2.11. The summed E-state index contributed by atoms with van der Waals surface area (Å²) in [7, 11) is 0. The van der Waals surface area contributed by atoms with E-state index in [2.05, 4.69) is 56.5 Å². The molecule has 0 bridgehead atoms. The number of para-hydroxylation sites is 2. The number of fused-ring (bicyclic) bond motifs is 1. The van der Waals surface area contributed by atoms with Crippen molar-refractivity contribution in [1.82, 2.24) is 9.55 Å². The van der Waals surface area contributed by atoms with Crippen LogP contribution in [0.2, 0.25) is 0 Å². The standard InChI is InChI=1S/C15H22N2/c1-5-12(4)10-17-14-9-7-6-8-13(14)16-15(17)11(2)3/h6-9,11-12H,5,10H2,1-4H3/t12-/m0/s1. The molecule has 0 spiro atoms. The SMILES string of the molecule is CC[C@H](C)Cn1c(C(C)C)nc2ccccc21. The average Bonchev–Trinajstić information content (AvgIpc) is 2.68. The minimum Gasteiger partial charge on any atom is -0.328 e. The fourth-order valence-corrected chi connectivity index (χ4v) is 2.17. The van der Waals surface area contributed by atoms with Gasteiger partial charge in [-0.3, -0.25) is 0 Å². The van der Waals surface area contributed by atoms with E-state index in [9.17, 15) is 0 Å². The summed E-state index contributed by atoms with van der Waals surface area (Å²) >= 11 is 0. The topological polar surface area (TPSA) is 17.8 Å². The lowest BCUT2D eigenvalue weighted by molar-refractivity contribution is 0.460. The van der Waals surface area contributed by atoms with E-state index >= 15 is 0 Å². The van der Waals surface area contributed by atoms with Gasteiger partial charge in [0, 0.05) is 12.5 Å². The monoisotopic (exact) mass is 230 g/mol. The van der Waals surface area contributed by atoms with Crippen LogP contribution >= 0.6 is 0 Å². The number of rotatable bonds is 4. The molecule has 1 atom stereocenters. The van der Waals surface area contributed by atoms with Gasteiger partial charge in [0.2, 0.25) is 0 Å². The van der Waals surface area contributed by atoms with Crippen molar-refractivity contribution >= 4 is 11.0 Å². The summed E-state index contributed by atoms with van der Waals surface area (Å²) in [6, 6.07) is 8.44. The number of aromatic nitrogens is 2. The maximum Gasteiger partial charge on any atom is 0.112 e. The summed E-state index contributed by atoms with van der Waals surface area (Å²) in [5, 5.41) is 0. The summed E-state index contributed by atoms with van der Waals surface area (Å²) < 4.78 is 2.40.